The molecule has 1 aromatic carbocycles. The first-order chi connectivity index (χ1) is 9.43. The standard InChI is InChI=1S/C14H11F3N2O/c15-14(16,17)10-3-1-2-9(6-10)11-7-12(20)19-13(18-11)8-4-5-8/h1-3,6-8H,4-5H2,(H,18,19,20). The number of hydrogen-bond acceptors (Lipinski definition) is 2. The molecule has 1 aromatic heterocycles. The van der Waals surface area contributed by atoms with Gasteiger partial charge in [-0.15, -0.1) is 0 Å². The van der Waals surface area contributed by atoms with Gasteiger partial charge >= 0.3 is 6.18 Å². The molecular weight excluding hydrogens is 269 g/mol. The molecule has 104 valence electrons. The van der Waals surface area contributed by atoms with Crippen molar-refractivity contribution >= 4 is 0 Å². The zero-order valence-corrected chi connectivity index (χ0v) is 10.4. The Morgan fingerprint density at radius 1 is 1.20 bits per heavy atom. The molecule has 0 atom stereocenters. The van der Waals surface area contributed by atoms with Gasteiger partial charge in [-0.1, -0.05) is 12.1 Å². The maximum absolute atomic E-state index is 12.7. The van der Waals surface area contributed by atoms with Gasteiger partial charge in [-0.3, -0.25) is 4.79 Å². The van der Waals surface area contributed by atoms with Crippen molar-refractivity contribution in [2.75, 3.05) is 0 Å². The Morgan fingerprint density at radius 3 is 2.60 bits per heavy atom. The minimum Gasteiger partial charge on any atom is -0.310 e. The highest BCUT2D eigenvalue weighted by Gasteiger charge is 2.31. The first-order valence-corrected chi connectivity index (χ1v) is 6.22. The minimum atomic E-state index is -4.41. The molecule has 0 spiro atoms. The van der Waals surface area contributed by atoms with Crippen LogP contribution in [0.2, 0.25) is 0 Å². The summed E-state index contributed by atoms with van der Waals surface area (Å²) in [5, 5.41) is 0. The van der Waals surface area contributed by atoms with E-state index >= 15 is 0 Å². The van der Waals surface area contributed by atoms with Crippen LogP contribution in [0.1, 0.15) is 30.1 Å². The van der Waals surface area contributed by atoms with Gasteiger partial charge in [-0.2, -0.15) is 13.2 Å². The number of aromatic amines is 1. The number of aromatic nitrogens is 2. The van der Waals surface area contributed by atoms with E-state index < -0.39 is 11.7 Å². The number of nitrogens with one attached hydrogen (secondary N) is 1. The van der Waals surface area contributed by atoms with Crippen molar-refractivity contribution < 1.29 is 13.2 Å². The number of nitrogens with zero attached hydrogens (tertiary/aromatic N) is 1. The van der Waals surface area contributed by atoms with Crippen LogP contribution in [-0.2, 0) is 6.18 Å². The lowest BCUT2D eigenvalue weighted by Gasteiger charge is -2.09. The smallest absolute Gasteiger partial charge is 0.310 e. The van der Waals surface area contributed by atoms with Gasteiger partial charge in [0.25, 0.3) is 5.56 Å². The third kappa shape index (κ3) is 2.59. The van der Waals surface area contributed by atoms with Gasteiger partial charge in [-0.05, 0) is 25.0 Å². The molecule has 0 radical (unpaired) electrons. The summed E-state index contributed by atoms with van der Waals surface area (Å²) in [6, 6.07) is 6.07. The summed E-state index contributed by atoms with van der Waals surface area (Å²) in [6.07, 6.45) is -2.50. The summed E-state index contributed by atoms with van der Waals surface area (Å²) in [5.74, 6) is 0.790. The lowest BCUT2D eigenvalue weighted by atomic mass is 10.1. The molecule has 0 amide bonds. The van der Waals surface area contributed by atoms with Crippen LogP contribution in [0.15, 0.2) is 35.1 Å². The first kappa shape index (κ1) is 12.9. The fourth-order valence-corrected chi connectivity index (χ4v) is 2.03. The van der Waals surface area contributed by atoms with Crippen molar-refractivity contribution in [3.8, 4) is 11.3 Å². The van der Waals surface area contributed by atoms with Crippen LogP contribution in [0, 0.1) is 0 Å². The van der Waals surface area contributed by atoms with Crippen LogP contribution in [-0.4, -0.2) is 9.97 Å². The molecule has 1 aliphatic carbocycles. The van der Waals surface area contributed by atoms with Crippen molar-refractivity contribution in [1.29, 1.82) is 0 Å². The van der Waals surface area contributed by atoms with E-state index in [0.29, 0.717) is 11.4 Å². The van der Waals surface area contributed by atoms with Gasteiger partial charge in [0, 0.05) is 17.5 Å². The summed E-state index contributed by atoms with van der Waals surface area (Å²) in [5.41, 5.74) is -0.506. The molecule has 0 aliphatic heterocycles. The second-order valence-corrected chi connectivity index (χ2v) is 4.87. The summed E-state index contributed by atoms with van der Waals surface area (Å²) in [4.78, 5) is 18.5. The molecule has 2 aromatic rings. The van der Waals surface area contributed by atoms with Gasteiger partial charge in [0.05, 0.1) is 11.3 Å². The number of benzene rings is 1. The highest BCUT2D eigenvalue weighted by molar-refractivity contribution is 5.60. The quantitative estimate of drug-likeness (QED) is 0.917. The minimum absolute atomic E-state index is 0.230. The SMILES string of the molecule is O=c1cc(-c2cccc(C(F)(F)F)c2)nc(C2CC2)[nH]1. The molecule has 1 fully saturated rings. The Hall–Kier alpha value is -2.11. The molecule has 1 aliphatic rings. The van der Waals surface area contributed by atoms with Gasteiger partial charge in [-0.25, -0.2) is 4.98 Å². The second kappa shape index (κ2) is 4.47. The lowest BCUT2D eigenvalue weighted by Crippen LogP contribution is -2.11. The topological polar surface area (TPSA) is 45.8 Å². The maximum Gasteiger partial charge on any atom is 0.416 e. The molecule has 1 N–H and O–H groups in total. The third-order valence-corrected chi connectivity index (χ3v) is 3.21. The van der Waals surface area contributed by atoms with E-state index in [2.05, 4.69) is 9.97 Å². The average molecular weight is 280 g/mol. The molecule has 0 unspecified atom stereocenters. The van der Waals surface area contributed by atoms with E-state index in [-0.39, 0.29) is 17.2 Å². The van der Waals surface area contributed by atoms with Crippen LogP contribution in [0.3, 0.4) is 0 Å². The molecule has 0 saturated heterocycles. The van der Waals surface area contributed by atoms with E-state index in [1.165, 1.54) is 18.2 Å². The molecule has 6 heteroatoms. The fraction of sp³-hybridized carbons (Fsp3) is 0.286. The Labute approximate surface area is 112 Å². The zero-order chi connectivity index (χ0) is 14.3. The largest absolute Gasteiger partial charge is 0.416 e. The highest BCUT2D eigenvalue weighted by atomic mass is 19.4. The van der Waals surface area contributed by atoms with Crippen LogP contribution in [0.5, 0.6) is 0 Å². The van der Waals surface area contributed by atoms with E-state index in [0.717, 1.165) is 25.0 Å². The molecule has 20 heavy (non-hydrogen) atoms. The van der Waals surface area contributed by atoms with Gasteiger partial charge in [0.15, 0.2) is 0 Å². The number of H-pyrrole nitrogens is 1. The van der Waals surface area contributed by atoms with Gasteiger partial charge in [0.1, 0.15) is 5.82 Å². The average Bonchev–Trinajstić information content (AvgIpc) is 3.21. The van der Waals surface area contributed by atoms with Crippen LogP contribution in [0.25, 0.3) is 11.3 Å². The normalized spacial score (nSPS) is 15.3. The molecule has 1 heterocycles. The van der Waals surface area contributed by atoms with Crippen molar-refractivity contribution in [1.82, 2.24) is 9.97 Å². The Bertz CT molecular complexity index is 702. The van der Waals surface area contributed by atoms with Crippen molar-refractivity contribution in [2.45, 2.75) is 24.9 Å². The number of alkyl halides is 3. The first-order valence-electron chi connectivity index (χ1n) is 6.22. The molecule has 3 nitrogen and oxygen atoms in total. The summed E-state index contributed by atoms with van der Waals surface area (Å²) < 4.78 is 38.1. The van der Waals surface area contributed by atoms with Crippen molar-refractivity contribution in [2.24, 2.45) is 0 Å². The Kier molecular flexibility index (Phi) is 2.88. The highest BCUT2D eigenvalue weighted by Crippen LogP contribution is 2.38. The Morgan fingerprint density at radius 2 is 1.95 bits per heavy atom. The van der Waals surface area contributed by atoms with Crippen molar-refractivity contribution in [3.63, 3.8) is 0 Å². The van der Waals surface area contributed by atoms with Crippen LogP contribution in [0.4, 0.5) is 13.2 Å². The molecular formula is C14H11F3N2O. The fourth-order valence-electron chi connectivity index (χ4n) is 2.03. The van der Waals surface area contributed by atoms with Gasteiger partial charge in [0.2, 0.25) is 0 Å². The summed E-state index contributed by atoms with van der Waals surface area (Å²) in [7, 11) is 0. The second-order valence-electron chi connectivity index (χ2n) is 4.87. The molecule has 3 rings (SSSR count). The number of halogens is 3. The molecule has 1 saturated carbocycles. The van der Waals surface area contributed by atoms with E-state index in [9.17, 15) is 18.0 Å². The van der Waals surface area contributed by atoms with Crippen LogP contribution < -0.4 is 5.56 Å². The van der Waals surface area contributed by atoms with Crippen molar-refractivity contribution in [3.05, 3.63) is 52.1 Å². The predicted molar refractivity (Wildman–Crippen MR) is 67.3 cm³/mol. The summed E-state index contributed by atoms with van der Waals surface area (Å²) >= 11 is 0. The monoisotopic (exact) mass is 280 g/mol. The number of hydrogen-bond donors (Lipinski definition) is 1. The van der Waals surface area contributed by atoms with E-state index in [1.54, 1.807) is 0 Å². The van der Waals surface area contributed by atoms with Gasteiger partial charge < -0.3 is 4.98 Å². The van der Waals surface area contributed by atoms with E-state index in [1.807, 2.05) is 0 Å². The lowest BCUT2D eigenvalue weighted by molar-refractivity contribution is -0.137. The summed E-state index contributed by atoms with van der Waals surface area (Å²) in [6.45, 7) is 0. The Balaban J connectivity index is 2.06. The maximum atomic E-state index is 12.7. The van der Waals surface area contributed by atoms with E-state index in [4.69, 9.17) is 0 Å². The number of rotatable bonds is 2. The molecule has 0 bridgehead atoms. The van der Waals surface area contributed by atoms with Crippen LogP contribution >= 0.6 is 0 Å². The predicted octanol–water partition coefficient (Wildman–Crippen LogP) is 3.33. The third-order valence-electron chi connectivity index (χ3n) is 3.21. The zero-order valence-electron chi connectivity index (χ0n) is 10.4.